The van der Waals surface area contributed by atoms with E-state index in [9.17, 15) is 9.59 Å². The van der Waals surface area contributed by atoms with Crippen molar-refractivity contribution in [3.05, 3.63) is 81.5 Å². The molecule has 3 atom stereocenters. The van der Waals surface area contributed by atoms with Gasteiger partial charge in [-0.25, -0.2) is 0 Å². The molecule has 0 spiro atoms. The minimum absolute atomic E-state index is 0.0297. The summed E-state index contributed by atoms with van der Waals surface area (Å²) in [5, 5.41) is 12.3. The fraction of sp³-hybridized carbons (Fsp3) is 0.394. The first-order valence-electron chi connectivity index (χ1n) is 14.5. The molecule has 1 aliphatic heterocycles. The molecule has 2 heterocycles. The maximum Gasteiger partial charge on any atom is 0.227 e. The molecule has 2 aromatic carbocycles. The van der Waals surface area contributed by atoms with Crippen LogP contribution < -0.4 is 21.5 Å². The molecule has 1 aliphatic rings. The molecule has 2 unspecified atom stereocenters. The molecule has 1 aromatic heterocycles. The number of thiophene rings is 1. The predicted octanol–water partition coefficient (Wildman–Crippen LogP) is 4.83. The number of hydrogen-bond acceptors (Lipinski definition) is 8. The molecule has 11 heteroatoms. The molecule has 0 aliphatic carbocycles. The van der Waals surface area contributed by atoms with Gasteiger partial charge in [-0.2, -0.15) is 0 Å². The summed E-state index contributed by atoms with van der Waals surface area (Å²) in [5.41, 5.74) is 12.4. The summed E-state index contributed by atoms with van der Waals surface area (Å²) >= 11 is 1.63. The number of likely N-dealkylation sites (tertiary alicyclic amines) is 1. The highest BCUT2D eigenvalue weighted by Gasteiger charge is 2.34. The van der Waals surface area contributed by atoms with Crippen LogP contribution in [-0.2, 0) is 25.5 Å². The molecule has 4 rings (SSSR count). The lowest BCUT2D eigenvalue weighted by Gasteiger charge is -2.20. The van der Waals surface area contributed by atoms with Gasteiger partial charge >= 0.3 is 0 Å². The molecule has 10 nitrogen and oxygen atoms in total. The zero-order valence-electron chi connectivity index (χ0n) is 26.5. The number of benzene rings is 2. The fourth-order valence-corrected chi connectivity index (χ4v) is 5.26. The molecular weight excluding hydrogens is 578 g/mol. The number of hydrogen-bond donors (Lipinski definition) is 4. The summed E-state index contributed by atoms with van der Waals surface area (Å²) in [6.45, 7) is 9.25. The average molecular weight is 626 g/mol. The second-order valence-electron chi connectivity index (χ2n) is 9.84. The Labute approximate surface area is 265 Å². The van der Waals surface area contributed by atoms with Gasteiger partial charge in [0, 0.05) is 41.4 Å². The van der Waals surface area contributed by atoms with Gasteiger partial charge in [-0.3, -0.25) is 15.0 Å². The number of carbonyl (C=O) groups excluding carboxylic acids is 3. The quantitative estimate of drug-likeness (QED) is 0.143. The van der Waals surface area contributed by atoms with Gasteiger partial charge < -0.3 is 36.0 Å². The number of methoxy groups -OCH3 is 1. The van der Waals surface area contributed by atoms with Crippen molar-refractivity contribution in [1.29, 1.82) is 5.41 Å². The van der Waals surface area contributed by atoms with Crippen molar-refractivity contribution in [3.8, 4) is 11.5 Å². The second-order valence-corrected chi connectivity index (χ2v) is 10.8. The molecule has 6 N–H and O–H groups in total. The van der Waals surface area contributed by atoms with Gasteiger partial charge in [0.2, 0.25) is 12.3 Å². The molecule has 3 aromatic rings. The smallest absolute Gasteiger partial charge is 0.227 e. The first kappa shape index (κ1) is 38.0. The van der Waals surface area contributed by atoms with Crippen molar-refractivity contribution in [2.75, 3.05) is 27.3 Å². The third-order valence-corrected chi connectivity index (χ3v) is 7.75. The van der Waals surface area contributed by atoms with E-state index in [1.165, 1.54) is 10.4 Å². The number of nitrogens with zero attached hydrogens (tertiary/aromatic N) is 1. The number of rotatable bonds is 10. The molecule has 0 radical (unpaired) electrons. The zero-order valence-corrected chi connectivity index (χ0v) is 27.4. The molecule has 1 saturated heterocycles. The van der Waals surface area contributed by atoms with Crippen molar-refractivity contribution >= 4 is 35.8 Å². The third kappa shape index (κ3) is 12.7. The fourth-order valence-electron chi connectivity index (χ4n) is 4.29. The number of amides is 2. The van der Waals surface area contributed by atoms with Gasteiger partial charge in [0.25, 0.3) is 0 Å². The average Bonchev–Trinajstić information content (AvgIpc) is 3.69. The van der Waals surface area contributed by atoms with E-state index < -0.39 is 0 Å². The number of aryl methyl sites for hydroxylation is 1. The van der Waals surface area contributed by atoms with Crippen molar-refractivity contribution < 1.29 is 23.9 Å². The molecular formula is C33H47N5O5S. The first-order chi connectivity index (χ1) is 21.1. The topological polar surface area (TPSA) is 161 Å². The number of nitrogens with two attached hydrogens (primary N) is 2. The van der Waals surface area contributed by atoms with E-state index in [1.807, 2.05) is 87.8 Å². The van der Waals surface area contributed by atoms with Crippen LogP contribution in [0.15, 0.2) is 60.0 Å². The number of nitrogen functional groups attached to an aromatic ring is 1. The van der Waals surface area contributed by atoms with Crippen molar-refractivity contribution in [3.63, 3.8) is 0 Å². The third-order valence-electron chi connectivity index (χ3n) is 6.64. The van der Waals surface area contributed by atoms with Gasteiger partial charge in [0.1, 0.15) is 23.6 Å². The van der Waals surface area contributed by atoms with E-state index in [2.05, 4.69) is 18.0 Å². The molecule has 0 saturated carbocycles. The number of ether oxygens (including phenoxy) is 2. The number of nitrogens with one attached hydrogen (secondary N) is 2. The monoisotopic (exact) mass is 625 g/mol. The Kier molecular flexibility index (Phi) is 17.9. The molecule has 240 valence electrons. The van der Waals surface area contributed by atoms with E-state index >= 15 is 0 Å². The summed E-state index contributed by atoms with van der Waals surface area (Å²) in [7, 11) is 3.55. The molecule has 44 heavy (non-hydrogen) atoms. The highest BCUT2D eigenvalue weighted by molar-refractivity contribution is 7.10. The lowest BCUT2D eigenvalue weighted by Crippen LogP contribution is -2.37. The number of amidine groups is 1. The Morgan fingerprint density at radius 3 is 2.18 bits per heavy atom. The lowest BCUT2D eigenvalue weighted by atomic mass is 10.1. The molecule has 0 bridgehead atoms. The van der Waals surface area contributed by atoms with Crippen LogP contribution in [0.4, 0.5) is 0 Å². The largest absolute Gasteiger partial charge is 0.457 e. The van der Waals surface area contributed by atoms with E-state index in [1.54, 1.807) is 23.3 Å². The minimum atomic E-state index is -0.346. The van der Waals surface area contributed by atoms with Crippen LogP contribution >= 0.6 is 11.3 Å². The summed E-state index contributed by atoms with van der Waals surface area (Å²) in [6, 6.07) is 17.3. The van der Waals surface area contributed by atoms with Crippen LogP contribution in [0, 0.1) is 18.3 Å². The molecule has 1 fully saturated rings. The summed E-state index contributed by atoms with van der Waals surface area (Å²) in [5.74, 6) is 1.83. The van der Waals surface area contributed by atoms with Crippen LogP contribution in [0.3, 0.4) is 0 Å². The Hall–Kier alpha value is -4.06. The van der Waals surface area contributed by atoms with Gasteiger partial charge in [0.15, 0.2) is 0 Å². The van der Waals surface area contributed by atoms with Gasteiger partial charge in [-0.15, -0.1) is 11.3 Å². The van der Waals surface area contributed by atoms with Crippen LogP contribution in [0.25, 0.3) is 0 Å². The van der Waals surface area contributed by atoms with Crippen LogP contribution in [0.5, 0.6) is 11.5 Å². The van der Waals surface area contributed by atoms with E-state index in [4.69, 9.17) is 25.4 Å². The van der Waals surface area contributed by atoms with Crippen LogP contribution in [0.2, 0.25) is 0 Å². The summed E-state index contributed by atoms with van der Waals surface area (Å²) in [4.78, 5) is 35.4. The summed E-state index contributed by atoms with van der Waals surface area (Å²) in [6.07, 6.45) is 2.06. The van der Waals surface area contributed by atoms with Crippen LogP contribution in [-0.4, -0.2) is 62.7 Å². The lowest BCUT2D eigenvalue weighted by molar-refractivity contribution is -0.134. The van der Waals surface area contributed by atoms with E-state index in [0.29, 0.717) is 25.6 Å². The first-order valence-corrected chi connectivity index (χ1v) is 15.4. The van der Waals surface area contributed by atoms with Gasteiger partial charge in [-0.05, 0) is 63.2 Å². The Balaban J connectivity index is 0.000000474. The number of primary amides is 1. The highest BCUT2D eigenvalue weighted by atomic mass is 32.1. The zero-order chi connectivity index (χ0) is 33.1. The summed E-state index contributed by atoms with van der Waals surface area (Å²) < 4.78 is 11.0. The van der Waals surface area contributed by atoms with Crippen LogP contribution in [0.1, 0.15) is 54.8 Å². The maximum atomic E-state index is 12.6. The van der Waals surface area contributed by atoms with Gasteiger partial charge in [0.05, 0.1) is 19.1 Å². The second kappa shape index (κ2) is 20.8. The maximum absolute atomic E-state index is 12.6. The molecule has 2 amide bonds. The number of carbonyl (C=O) groups is 3. The van der Waals surface area contributed by atoms with Crippen molar-refractivity contribution in [2.45, 2.75) is 52.6 Å². The predicted molar refractivity (Wildman–Crippen MR) is 177 cm³/mol. The number of aldehydes is 1. The van der Waals surface area contributed by atoms with Crippen molar-refractivity contribution in [1.82, 2.24) is 10.2 Å². The van der Waals surface area contributed by atoms with Gasteiger partial charge in [-0.1, -0.05) is 43.7 Å². The SMILES string of the molecule is CC.CN[C@H](C)c1cc(C(=N)N)cs1.COCC1CC(C=O)N(C(=O)Cc2ccc(Oc3ccc(C)cc3)cc2)C1.NC=O. The normalized spacial score (nSPS) is 15.6. The standard InChI is InChI=1S/C22H25NO4.C8H13N3S.C2H6.CH3NO/c1-16-3-7-20(8-4-16)27-21-9-5-17(6-10-21)12-22(25)23-13-18(15-26-2)11-19(23)14-24;1-5(11-2)7-3-6(4-12-7)8(9)10;1-2;2-1-3/h3-10,14,18-19H,11-13,15H2,1-2H3;3-5,11H,1-2H3,(H3,9,10);1-2H3;1H,(H2,2,3)/t;5-;;/m.1../s1. The Morgan fingerprint density at radius 2 is 1.70 bits per heavy atom. The van der Waals surface area contributed by atoms with E-state index in [0.717, 1.165) is 28.9 Å². The van der Waals surface area contributed by atoms with E-state index in [-0.39, 0.29) is 36.5 Å². The minimum Gasteiger partial charge on any atom is -0.457 e. The highest BCUT2D eigenvalue weighted by Crippen LogP contribution is 2.25. The Bertz CT molecular complexity index is 1280. The van der Waals surface area contributed by atoms with Crippen molar-refractivity contribution in [2.24, 2.45) is 17.4 Å². The Morgan fingerprint density at radius 1 is 1.14 bits per heavy atom.